The van der Waals surface area contributed by atoms with Crippen LogP contribution in [-0.4, -0.2) is 42.6 Å². The molecule has 4 N–H and O–H groups in total. The lowest BCUT2D eigenvalue weighted by atomic mass is 9.94. The third-order valence-corrected chi connectivity index (χ3v) is 4.16. The van der Waals surface area contributed by atoms with Gasteiger partial charge in [-0.3, -0.25) is 0 Å². The second-order valence-corrected chi connectivity index (χ2v) is 5.34. The van der Waals surface area contributed by atoms with Crippen LogP contribution in [0, 0.1) is 0 Å². The van der Waals surface area contributed by atoms with E-state index < -0.39 is 23.9 Å². The van der Waals surface area contributed by atoms with Gasteiger partial charge in [-0.2, -0.15) is 5.10 Å². The number of nitrogens with zero attached hydrogens (tertiary/aromatic N) is 3. The van der Waals surface area contributed by atoms with Gasteiger partial charge in [-0.1, -0.05) is 6.92 Å². The van der Waals surface area contributed by atoms with Gasteiger partial charge in [0.2, 0.25) is 0 Å². The highest BCUT2D eigenvalue weighted by Gasteiger charge is 2.51. The maximum absolute atomic E-state index is 10.3. The Hall–Kier alpha value is -1.70. The Morgan fingerprint density at radius 3 is 2.85 bits per heavy atom. The molecule has 0 aromatic carbocycles. The van der Waals surface area contributed by atoms with Gasteiger partial charge >= 0.3 is 0 Å². The summed E-state index contributed by atoms with van der Waals surface area (Å²) >= 11 is 0. The summed E-state index contributed by atoms with van der Waals surface area (Å²) in [5, 5.41) is 24.6. The molecule has 0 aliphatic carbocycles. The average Bonchev–Trinajstić information content (AvgIpc) is 2.96. The molecule has 20 heavy (non-hydrogen) atoms. The molecule has 7 heteroatoms. The molecule has 0 bridgehead atoms. The predicted molar refractivity (Wildman–Crippen MR) is 71.9 cm³/mol. The zero-order valence-electron chi connectivity index (χ0n) is 11.4. The first-order chi connectivity index (χ1) is 9.48. The summed E-state index contributed by atoms with van der Waals surface area (Å²) in [5.41, 5.74) is 6.32. The second kappa shape index (κ2) is 4.41. The lowest BCUT2D eigenvalue weighted by Gasteiger charge is -2.25. The Morgan fingerprint density at radius 2 is 2.20 bits per heavy atom. The van der Waals surface area contributed by atoms with Crippen LogP contribution >= 0.6 is 0 Å². The summed E-state index contributed by atoms with van der Waals surface area (Å²) in [6.45, 7) is 3.70. The Balaban J connectivity index is 2.06. The van der Waals surface area contributed by atoms with Crippen molar-refractivity contribution < 1.29 is 14.9 Å². The highest BCUT2D eigenvalue weighted by atomic mass is 16.6. The summed E-state index contributed by atoms with van der Waals surface area (Å²) in [7, 11) is 0. The predicted octanol–water partition coefficient (Wildman–Crippen LogP) is 0.273. The van der Waals surface area contributed by atoms with E-state index in [1.165, 1.54) is 6.33 Å². The first-order valence-corrected chi connectivity index (χ1v) is 6.60. The number of aliphatic hydroxyl groups is 2. The van der Waals surface area contributed by atoms with E-state index in [4.69, 9.17) is 10.5 Å². The number of rotatable bonds is 2. The van der Waals surface area contributed by atoms with Gasteiger partial charge in [0.15, 0.2) is 5.82 Å². The van der Waals surface area contributed by atoms with Gasteiger partial charge < -0.3 is 20.7 Å². The van der Waals surface area contributed by atoms with Crippen molar-refractivity contribution in [3.63, 3.8) is 0 Å². The molecule has 2 aromatic heterocycles. The molecule has 1 fully saturated rings. The van der Waals surface area contributed by atoms with Gasteiger partial charge in [-0.25, -0.2) is 9.50 Å². The Morgan fingerprint density at radius 1 is 1.45 bits per heavy atom. The molecule has 1 aliphatic rings. The molecule has 0 spiro atoms. The topological polar surface area (TPSA) is 106 Å². The largest absolute Gasteiger partial charge is 0.387 e. The Bertz CT molecular complexity index is 644. The normalized spacial score (nSPS) is 33.9. The zero-order chi connectivity index (χ0) is 14.5. The van der Waals surface area contributed by atoms with E-state index in [1.54, 1.807) is 23.6 Å². The van der Waals surface area contributed by atoms with E-state index in [9.17, 15) is 10.2 Å². The molecule has 0 saturated carbocycles. The molecule has 0 unspecified atom stereocenters. The summed E-state index contributed by atoms with van der Waals surface area (Å²) in [5.74, 6) is 0.359. The third-order valence-electron chi connectivity index (χ3n) is 4.16. The lowest BCUT2D eigenvalue weighted by molar-refractivity contribution is -0.0738. The molecule has 108 valence electrons. The molecule has 3 heterocycles. The first kappa shape index (κ1) is 13.3. The van der Waals surface area contributed by atoms with Crippen molar-refractivity contribution in [2.24, 2.45) is 0 Å². The summed E-state index contributed by atoms with van der Waals surface area (Å²) < 4.78 is 7.48. The van der Waals surface area contributed by atoms with Gasteiger partial charge in [0.1, 0.15) is 30.2 Å². The van der Waals surface area contributed by atoms with Crippen molar-refractivity contribution in [2.45, 2.75) is 44.2 Å². The van der Waals surface area contributed by atoms with Crippen LogP contribution in [0.1, 0.15) is 32.1 Å². The van der Waals surface area contributed by atoms with Crippen LogP contribution in [0.15, 0.2) is 18.5 Å². The van der Waals surface area contributed by atoms with Gasteiger partial charge in [-0.05, 0) is 25.5 Å². The number of nitrogens with two attached hydrogens (primary N) is 1. The Labute approximate surface area is 116 Å². The van der Waals surface area contributed by atoms with Gasteiger partial charge in [0, 0.05) is 0 Å². The quantitative estimate of drug-likeness (QED) is 0.728. The van der Waals surface area contributed by atoms with E-state index in [1.807, 2.05) is 6.92 Å². The number of ether oxygens (including phenoxy) is 1. The molecule has 3 rings (SSSR count). The fourth-order valence-electron chi connectivity index (χ4n) is 2.67. The number of aliphatic hydroxyl groups excluding tert-OH is 2. The molecule has 0 amide bonds. The smallest absolute Gasteiger partial charge is 0.151 e. The maximum atomic E-state index is 10.3. The number of nitrogen functional groups attached to an aromatic ring is 1. The minimum Gasteiger partial charge on any atom is -0.387 e. The average molecular weight is 278 g/mol. The van der Waals surface area contributed by atoms with Crippen LogP contribution in [0.3, 0.4) is 0 Å². The minimum atomic E-state index is -1.01. The van der Waals surface area contributed by atoms with Crippen molar-refractivity contribution in [1.29, 1.82) is 0 Å². The molecule has 1 aliphatic heterocycles. The SMILES string of the molecule is CC[C@@]1(C)O[C@@H](c2ccc3c(N)ncnn23)[C@H](O)[C@@H]1O. The van der Waals surface area contributed by atoms with Crippen LogP contribution in [-0.2, 0) is 4.74 Å². The van der Waals surface area contributed by atoms with E-state index >= 15 is 0 Å². The molecular formula is C13H18N4O3. The van der Waals surface area contributed by atoms with Crippen LogP contribution in [0.2, 0.25) is 0 Å². The van der Waals surface area contributed by atoms with Crippen molar-refractivity contribution in [2.75, 3.05) is 5.73 Å². The number of fused-ring (bicyclic) bond motifs is 1. The Kier molecular flexibility index (Phi) is 2.93. The number of hydrogen-bond donors (Lipinski definition) is 3. The van der Waals surface area contributed by atoms with Gasteiger partial charge in [-0.15, -0.1) is 0 Å². The van der Waals surface area contributed by atoms with E-state index in [-0.39, 0.29) is 0 Å². The second-order valence-electron chi connectivity index (χ2n) is 5.34. The summed E-state index contributed by atoms with van der Waals surface area (Å²) in [6.07, 6.45) is -0.645. The molecule has 1 saturated heterocycles. The monoisotopic (exact) mass is 278 g/mol. The number of anilines is 1. The van der Waals surface area contributed by atoms with Crippen LogP contribution < -0.4 is 5.73 Å². The summed E-state index contributed by atoms with van der Waals surface area (Å²) in [6, 6.07) is 3.55. The lowest BCUT2D eigenvalue weighted by Crippen LogP contribution is -2.39. The fraction of sp³-hybridized carbons (Fsp3) is 0.538. The number of hydrogen-bond acceptors (Lipinski definition) is 6. The molecule has 2 aromatic rings. The van der Waals surface area contributed by atoms with Gasteiger partial charge in [0.05, 0.1) is 11.3 Å². The highest BCUT2D eigenvalue weighted by Crippen LogP contribution is 2.41. The molecule has 7 nitrogen and oxygen atoms in total. The van der Waals surface area contributed by atoms with Crippen molar-refractivity contribution >= 4 is 11.3 Å². The number of aromatic nitrogens is 3. The van der Waals surface area contributed by atoms with E-state index in [0.29, 0.717) is 23.4 Å². The van der Waals surface area contributed by atoms with E-state index in [0.717, 1.165) is 0 Å². The zero-order valence-corrected chi connectivity index (χ0v) is 11.4. The van der Waals surface area contributed by atoms with Crippen molar-refractivity contribution in [1.82, 2.24) is 14.6 Å². The van der Waals surface area contributed by atoms with Crippen LogP contribution in [0.5, 0.6) is 0 Å². The molecule has 4 atom stereocenters. The minimum absolute atomic E-state index is 0.359. The van der Waals surface area contributed by atoms with E-state index in [2.05, 4.69) is 10.1 Å². The first-order valence-electron chi connectivity index (χ1n) is 6.60. The highest BCUT2D eigenvalue weighted by molar-refractivity contribution is 5.65. The van der Waals surface area contributed by atoms with Crippen LogP contribution in [0.4, 0.5) is 5.82 Å². The van der Waals surface area contributed by atoms with Gasteiger partial charge in [0.25, 0.3) is 0 Å². The molecular weight excluding hydrogens is 260 g/mol. The van der Waals surface area contributed by atoms with Crippen molar-refractivity contribution in [3.05, 3.63) is 24.2 Å². The van der Waals surface area contributed by atoms with Crippen LogP contribution in [0.25, 0.3) is 5.52 Å². The fourth-order valence-corrected chi connectivity index (χ4v) is 2.67. The standard InChI is InChI=1S/C13H18N4O3/c1-3-13(2)11(19)9(18)10(20-13)7-4-5-8-12(14)15-6-16-17(7)8/h4-6,9-11,18-19H,3H2,1-2H3,(H2,14,15,16)/t9-,10-,11-,13+/m0/s1. The maximum Gasteiger partial charge on any atom is 0.151 e. The summed E-state index contributed by atoms with van der Waals surface area (Å²) in [4.78, 5) is 3.92. The third kappa shape index (κ3) is 1.71. The molecule has 0 radical (unpaired) electrons. The van der Waals surface area contributed by atoms with Crippen molar-refractivity contribution in [3.8, 4) is 0 Å².